The highest BCUT2D eigenvalue weighted by molar-refractivity contribution is 6.30. The molecule has 0 saturated heterocycles. The van der Waals surface area contributed by atoms with E-state index < -0.39 is 0 Å². The van der Waals surface area contributed by atoms with Crippen LogP contribution in [-0.4, -0.2) is 25.2 Å². The summed E-state index contributed by atoms with van der Waals surface area (Å²) in [7, 11) is 0. The van der Waals surface area contributed by atoms with Crippen molar-refractivity contribution in [3.63, 3.8) is 0 Å². The fraction of sp³-hybridized carbons (Fsp3) is 0.235. The number of hydrogen-bond acceptors (Lipinski definition) is 4. The topological polar surface area (TPSA) is 50.8 Å². The van der Waals surface area contributed by atoms with Crippen molar-refractivity contribution in [3.8, 4) is 0 Å². The molecule has 1 aliphatic heterocycles. The predicted octanol–water partition coefficient (Wildman–Crippen LogP) is 3.71. The van der Waals surface area contributed by atoms with Gasteiger partial charge in [-0.1, -0.05) is 35.3 Å². The minimum Gasteiger partial charge on any atom is -0.463 e. The van der Waals surface area contributed by atoms with Gasteiger partial charge in [0.05, 0.1) is 0 Å². The Morgan fingerprint density at radius 2 is 1.65 bits per heavy atom. The Labute approximate surface area is 145 Å². The van der Waals surface area contributed by atoms with Crippen LogP contribution < -0.4 is 10.6 Å². The second-order valence-electron chi connectivity index (χ2n) is 5.42. The van der Waals surface area contributed by atoms with Crippen molar-refractivity contribution < 1.29 is 4.74 Å². The van der Waals surface area contributed by atoms with Gasteiger partial charge in [0.15, 0.2) is 0 Å². The average Bonchev–Trinajstić information content (AvgIpc) is 2.95. The number of aliphatic imine (C=N–C) groups is 1. The van der Waals surface area contributed by atoms with Crippen LogP contribution in [0.5, 0.6) is 0 Å². The molecule has 1 aliphatic rings. The van der Waals surface area contributed by atoms with Crippen LogP contribution in [0.2, 0.25) is 10.0 Å². The maximum Gasteiger partial charge on any atom is 0.282 e. The summed E-state index contributed by atoms with van der Waals surface area (Å²) in [5, 5.41) is 1.44. The molecule has 120 valence electrons. The molecule has 0 radical (unpaired) electrons. The summed E-state index contributed by atoms with van der Waals surface area (Å²) in [5.41, 5.74) is 7.85. The van der Waals surface area contributed by atoms with Crippen molar-refractivity contribution in [2.45, 2.75) is 12.6 Å². The molecule has 1 atom stereocenters. The van der Waals surface area contributed by atoms with Crippen molar-refractivity contribution >= 4 is 34.9 Å². The molecule has 2 N–H and O–H groups in total. The summed E-state index contributed by atoms with van der Waals surface area (Å²) in [6, 6.07) is 15.9. The first-order chi connectivity index (χ1) is 11.1. The van der Waals surface area contributed by atoms with Gasteiger partial charge in [0.2, 0.25) is 0 Å². The predicted molar refractivity (Wildman–Crippen MR) is 95.3 cm³/mol. The normalized spacial score (nSPS) is 16.8. The van der Waals surface area contributed by atoms with E-state index >= 15 is 0 Å². The van der Waals surface area contributed by atoms with Crippen molar-refractivity contribution in [2.24, 2.45) is 10.7 Å². The van der Waals surface area contributed by atoms with Gasteiger partial charge in [0.1, 0.15) is 12.6 Å². The largest absolute Gasteiger partial charge is 0.463 e. The van der Waals surface area contributed by atoms with E-state index in [2.05, 4.69) is 9.89 Å². The summed E-state index contributed by atoms with van der Waals surface area (Å²) < 4.78 is 5.25. The van der Waals surface area contributed by atoms with Gasteiger partial charge < -0.3 is 15.4 Å². The summed E-state index contributed by atoms with van der Waals surface area (Å²) >= 11 is 12.0. The first-order valence-electron chi connectivity index (χ1n) is 7.31. The summed E-state index contributed by atoms with van der Waals surface area (Å²) in [5.74, 6) is 0. The Balaban J connectivity index is 1.80. The molecule has 0 unspecified atom stereocenters. The van der Waals surface area contributed by atoms with Crippen molar-refractivity contribution in [1.82, 2.24) is 0 Å². The minimum atomic E-state index is 0.0259. The van der Waals surface area contributed by atoms with Gasteiger partial charge >= 0.3 is 0 Å². The average molecular weight is 350 g/mol. The molecule has 23 heavy (non-hydrogen) atoms. The monoisotopic (exact) mass is 349 g/mol. The van der Waals surface area contributed by atoms with Gasteiger partial charge in [0, 0.05) is 28.8 Å². The van der Waals surface area contributed by atoms with Gasteiger partial charge in [-0.25, -0.2) is 4.99 Å². The van der Waals surface area contributed by atoms with Gasteiger partial charge in [-0.05, 0) is 42.0 Å². The molecule has 6 heteroatoms. The van der Waals surface area contributed by atoms with Gasteiger partial charge in [-0.15, -0.1) is 0 Å². The standard InChI is InChI=1S/C17H17Cl2N3O/c18-13-3-1-12(2-4-13)9-22(10-15-11-23-17(20)21-15)16-7-5-14(19)6-8-16/h1-8,15H,9-11H2,(H2,20,21)/t15-/m0/s1. The van der Waals surface area contributed by atoms with E-state index in [0.717, 1.165) is 17.3 Å². The quantitative estimate of drug-likeness (QED) is 0.894. The molecule has 1 heterocycles. The lowest BCUT2D eigenvalue weighted by Crippen LogP contribution is -2.32. The molecule has 0 aromatic heterocycles. The van der Waals surface area contributed by atoms with E-state index in [-0.39, 0.29) is 12.1 Å². The van der Waals surface area contributed by atoms with Crippen LogP contribution in [0.15, 0.2) is 53.5 Å². The fourth-order valence-electron chi connectivity index (χ4n) is 2.51. The third kappa shape index (κ3) is 4.30. The lowest BCUT2D eigenvalue weighted by atomic mass is 10.1. The number of amidine groups is 1. The number of nitrogens with zero attached hydrogens (tertiary/aromatic N) is 2. The molecule has 2 aromatic carbocycles. The number of ether oxygens (including phenoxy) is 1. The number of nitrogens with two attached hydrogens (primary N) is 1. The summed E-state index contributed by atoms with van der Waals surface area (Å²) in [6.45, 7) is 1.96. The van der Waals surface area contributed by atoms with E-state index in [1.807, 2.05) is 48.5 Å². The molecule has 0 spiro atoms. The Kier molecular flexibility index (Phi) is 4.94. The SMILES string of the molecule is NC1=N[C@@H](CN(Cc2ccc(Cl)cc2)c2ccc(Cl)cc2)CO1. The number of hydrogen-bond donors (Lipinski definition) is 1. The highest BCUT2D eigenvalue weighted by atomic mass is 35.5. The maximum atomic E-state index is 5.99. The molecule has 2 aromatic rings. The zero-order valence-corrected chi connectivity index (χ0v) is 14.0. The molecule has 0 bridgehead atoms. The van der Waals surface area contributed by atoms with E-state index in [4.69, 9.17) is 33.7 Å². The Morgan fingerprint density at radius 1 is 1.04 bits per heavy atom. The lowest BCUT2D eigenvalue weighted by molar-refractivity contribution is 0.313. The second kappa shape index (κ2) is 7.11. The van der Waals surface area contributed by atoms with Crippen molar-refractivity contribution in [2.75, 3.05) is 18.1 Å². The zero-order valence-electron chi connectivity index (χ0n) is 12.5. The lowest BCUT2D eigenvalue weighted by Gasteiger charge is -2.26. The number of halogens is 2. The summed E-state index contributed by atoms with van der Waals surface area (Å²) in [6.07, 6.45) is 0. The zero-order chi connectivity index (χ0) is 16.2. The number of anilines is 1. The van der Waals surface area contributed by atoms with E-state index in [1.165, 1.54) is 5.56 Å². The van der Waals surface area contributed by atoms with Crippen molar-refractivity contribution in [1.29, 1.82) is 0 Å². The number of rotatable bonds is 5. The second-order valence-corrected chi connectivity index (χ2v) is 6.29. The highest BCUT2D eigenvalue weighted by Crippen LogP contribution is 2.22. The molecule has 0 aliphatic carbocycles. The minimum absolute atomic E-state index is 0.0259. The highest BCUT2D eigenvalue weighted by Gasteiger charge is 2.20. The molecular weight excluding hydrogens is 333 g/mol. The maximum absolute atomic E-state index is 5.99. The molecular formula is C17H17Cl2N3O. The third-order valence-corrected chi connectivity index (χ3v) is 4.15. The van der Waals surface area contributed by atoms with Gasteiger partial charge in [-0.2, -0.15) is 0 Å². The van der Waals surface area contributed by atoms with Crippen LogP contribution in [0, 0.1) is 0 Å². The van der Waals surface area contributed by atoms with E-state index in [1.54, 1.807) is 0 Å². The van der Waals surface area contributed by atoms with Crippen LogP contribution in [-0.2, 0) is 11.3 Å². The molecule has 0 amide bonds. The fourth-order valence-corrected chi connectivity index (χ4v) is 2.76. The third-order valence-electron chi connectivity index (χ3n) is 3.64. The van der Waals surface area contributed by atoms with Gasteiger partial charge in [-0.3, -0.25) is 0 Å². The first kappa shape index (κ1) is 16.0. The van der Waals surface area contributed by atoms with Crippen LogP contribution in [0.1, 0.15) is 5.56 Å². The van der Waals surface area contributed by atoms with Crippen LogP contribution >= 0.6 is 23.2 Å². The summed E-state index contributed by atoms with van der Waals surface area (Å²) in [4.78, 5) is 6.54. The van der Waals surface area contributed by atoms with Crippen LogP contribution in [0.25, 0.3) is 0 Å². The molecule has 3 rings (SSSR count). The Morgan fingerprint density at radius 3 is 2.22 bits per heavy atom. The molecule has 4 nitrogen and oxygen atoms in total. The smallest absolute Gasteiger partial charge is 0.282 e. The Hall–Kier alpha value is -1.91. The van der Waals surface area contributed by atoms with E-state index in [0.29, 0.717) is 18.2 Å². The number of benzene rings is 2. The van der Waals surface area contributed by atoms with Gasteiger partial charge in [0.25, 0.3) is 6.02 Å². The first-order valence-corrected chi connectivity index (χ1v) is 8.07. The molecule has 0 saturated carbocycles. The van der Waals surface area contributed by atoms with Crippen molar-refractivity contribution in [3.05, 3.63) is 64.1 Å². The Bertz CT molecular complexity index is 686. The van der Waals surface area contributed by atoms with E-state index in [9.17, 15) is 0 Å². The van der Waals surface area contributed by atoms with Crippen LogP contribution in [0.3, 0.4) is 0 Å². The van der Waals surface area contributed by atoms with Crippen LogP contribution in [0.4, 0.5) is 5.69 Å². The molecule has 0 fully saturated rings.